The van der Waals surface area contributed by atoms with Gasteiger partial charge in [0.05, 0.1) is 6.54 Å². The molecule has 0 aliphatic heterocycles. The zero-order valence-electron chi connectivity index (χ0n) is 11.8. The number of rotatable bonds is 6. The number of para-hydroxylation sites is 1. The van der Waals surface area contributed by atoms with Crippen LogP contribution in [0.5, 0.6) is 0 Å². The Hall–Kier alpha value is -1.49. The largest absolute Gasteiger partial charge is 0.320 e. The van der Waals surface area contributed by atoms with Gasteiger partial charge in [0, 0.05) is 6.54 Å². The van der Waals surface area contributed by atoms with Crippen LogP contribution in [-0.4, -0.2) is 19.0 Å². The molecule has 1 aromatic carbocycles. The number of carbonyl (C=O) groups is 1. The van der Waals surface area contributed by atoms with Gasteiger partial charge in [0.2, 0.25) is 5.91 Å². The Morgan fingerprint density at radius 1 is 1.30 bits per heavy atom. The summed E-state index contributed by atoms with van der Waals surface area (Å²) >= 11 is 0. The molecule has 5 heteroatoms. The van der Waals surface area contributed by atoms with Gasteiger partial charge in [0.1, 0.15) is 17.3 Å². The summed E-state index contributed by atoms with van der Waals surface area (Å²) in [5.41, 5.74) is -0.0897. The van der Waals surface area contributed by atoms with E-state index in [1.54, 1.807) is 0 Å². The SMILES string of the molecule is CC(C)C1(CNCC(=O)Nc2c(F)cccc2F)CC1. The molecule has 0 aromatic heterocycles. The van der Waals surface area contributed by atoms with Crippen LogP contribution in [0.3, 0.4) is 0 Å². The van der Waals surface area contributed by atoms with Crippen molar-refractivity contribution in [3.8, 4) is 0 Å². The van der Waals surface area contributed by atoms with Gasteiger partial charge in [-0.3, -0.25) is 4.79 Å². The molecular weight excluding hydrogens is 262 g/mol. The average molecular weight is 282 g/mol. The molecule has 1 amide bonds. The predicted octanol–water partition coefficient (Wildman–Crippen LogP) is 2.93. The maximum Gasteiger partial charge on any atom is 0.238 e. The van der Waals surface area contributed by atoms with Gasteiger partial charge < -0.3 is 10.6 Å². The van der Waals surface area contributed by atoms with E-state index < -0.39 is 17.5 Å². The zero-order chi connectivity index (χ0) is 14.8. The van der Waals surface area contributed by atoms with E-state index in [-0.39, 0.29) is 12.2 Å². The maximum atomic E-state index is 13.4. The van der Waals surface area contributed by atoms with E-state index in [9.17, 15) is 13.6 Å². The Morgan fingerprint density at radius 3 is 2.40 bits per heavy atom. The number of nitrogens with one attached hydrogen (secondary N) is 2. The standard InChI is InChI=1S/C15H20F2N2O/c1-10(2)15(6-7-15)9-18-8-13(20)19-14-11(16)4-3-5-12(14)17/h3-5,10,18H,6-9H2,1-2H3,(H,19,20). The summed E-state index contributed by atoms with van der Waals surface area (Å²) in [4.78, 5) is 11.7. The predicted molar refractivity (Wildman–Crippen MR) is 74.4 cm³/mol. The molecule has 0 unspecified atom stereocenters. The van der Waals surface area contributed by atoms with Gasteiger partial charge in [-0.15, -0.1) is 0 Å². The van der Waals surface area contributed by atoms with E-state index in [4.69, 9.17) is 0 Å². The molecule has 1 aliphatic carbocycles. The topological polar surface area (TPSA) is 41.1 Å². The second-order valence-corrected chi connectivity index (χ2v) is 5.77. The van der Waals surface area contributed by atoms with Crippen LogP contribution in [0.25, 0.3) is 0 Å². The minimum absolute atomic E-state index is 0.0578. The fourth-order valence-corrected chi connectivity index (χ4v) is 2.34. The number of carbonyl (C=O) groups excluding carboxylic acids is 1. The van der Waals surface area contributed by atoms with E-state index in [0.717, 1.165) is 18.7 Å². The monoisotopic (exact) mass is 282 g/mol. The highest BCUT2D eigenvalue weighted by Gasteiger charge is 2.44. The molecule has 0 radical (unpaired) electrons. The van der Waals surface area contributed by atoms with Gasteiger partial charge in [-0.2, -0.15) is 0 Å². The van der Waals surface area contributed by atoms with Crippen molar-refractivity contribution in [2.45, 2.75) is 26.7 Å². The number of benzene rings is 1. The van der Waals surface area contributed by atoms with Crippen molar-refractivity contribution in [1.82, 2.24) is 5.32 Å². The second kappa shape index (κ2) is 5.87. The summed E-state index contributed by atoms with van der Waals surface area (Å²) in [6.07, 6.45) is 2.34. The van der Waals surface area contributed by atoms with Crippen LogP contribution >= 0.6 is 0 Å². The summed E-state index contributed by atoms with van der Waals surface area (Å²) in [5.74, 6) is -1.39. The lowest BCUT2D eigenvalue weighted by atomic mass is 9.92. The summed E-state index contributed by atoms with van der Waals surface area (Å²) in [6.45, 7) is 5.16. The molecule has 1 aromatic rings. The third-order valence-electron chi connectivity index (χ3n) is 4.11. The van der Waals surface area contributed by atoms with Crippen LogP contribution in [0.2, 0.25) is 0 Å². The molecule has 2 rings (SSSR count). The first-order valence-corrected chi connectivity index (χ1v) is 6.89. The van der Waals surface area contributed by atoms with Crippen LogP contribution in [0.1, 0.15) is 26.7 Å². The lowest BCUT2D eigenvalue weighted by molar-refractivity contribution is -0.115. The van der Waals surface area contributed by atoms with Crippen LogP contribution in [-0.2, 0) is 4.79 Å². The molecular formula is C15H20F2N2O. The van der Waals surface area contributed by atoms with Crippen molar-refractivity contribution in [1.29, 1.82) is 0 Å². The number of hydrogen-bond donors (Lipinski definition) is 2. The molecule has 1 fully saturated rings. The van der Waals surface area contributed by atoms with E-state index in [1.807, 2.05) is 0 Å². The molecule has 110 valence electrons. The zero-order valence-corrected chi connectivity index (χ0v) is 11.8. The van der Waals surface area contributed by atoms with Crippen LogP contribution < -0.4 is 10.6 Å². The highest BCUT2D eigenvalue weighted by molar-refractivity contribution is 5.92. The fraction of sp³-hybridized carbons (Fsp3) is 0.533. The van der Waals surface area contributed by atoms with E-state index in [0.29, 0.717) is 11.3 Å². The van der Waals surface area contributed by atoms with Crippen LogP contribution in [0, 0.1) is 23.0 Å². The first-order valence-electron chi connectivity index (χ1n) is 6.89. The van der Waals surface area contributed by atoms with Crippen molar-refractivity contribution in [2.75, 3.05) is 18.4 Å². The van der Waals surface area contributed by atoms with Gasteiger partial charge in [0.15, 0.2) is 0 Å². The second-order valence-electron chi connectivity index (χ2n) is 5.77. The molecule has 0 spiro atoms. The Balaban J connectivity index is 1.82. The van der Waals surface area contributed by atoms with Gasteiger partial charge in [-0.05, 0) is 36.3 Å². The first-order chi connectivity index (χ1) is 9.44. The number of anilines is 1. The Labute approximate surface area is 117 Å². The fourth-order valence-electron chi connectivity index (χ4n) is 2.34. The quantitative estimate of drug-likeness (QED) is 0.842. The van der Waals surface area contributed by atoms with Crippen molar-refractivity contribution in [3.63, 3.8) is 0 Å². The normalized spacial score (nSPS) is 16.2. The average Bonchev–Trinajstić information content (AvgIpc) is 3.15. The number of halogens is 2. The molecule has 20 heavy (non-hydrogen) atoms. The molecule has 0 heterocycles. The lowest BCUT2D eigenvalue weighted by Crippen LogP contribution is -2.34. The molecule has 0 saturated heterocycles. The third-order valence-corrected chi connectivity index (χ3v) is 4.11. The first kappa shape index (κ1) is 14.9. The molecule has 3 nitrogen and oxygen atoms in total. The van der Waals surface area contributed by atoms with Gasteiger partial charge >= 0.3 is 0 Å². The lowest BCUT2D eigenvalue weighted by Gasteiger charge is -2.19. The molecule has 0 atom stereocenters. The molecule has 1 aliphatic rings. The van der Waals surface area contributed by atoms with Crippen molar-refractivity contribution >= 4 is 11.6 Å². The van der Waals surface area contributed by atoms with Gasteiger partial charge in [0.25, 0.3) is 0 Å². The molecule has 1 saturated carbocycles. The summed E-state index contributed by atoms with van der Waals surface area (Å²) < 4.78 is 26.7. The van der Waals surface area contributed by atoms with Crippen LogP contribution in [0.4, 0.5) is 14.5 Å². The smallest absolute Gasteiger partial charge is 0.238 e. The Morgan fingerprint density at radius 2 is 1.90 bits per heavy atom. The minimum atomic E-state index is -0.765. The Kier molecular flexibility index (Phi) is 4.38. The van der Waals surface area contributed by atoms with Gasteiger partial charge in [-0.25, -0.2) is 8.78 Å². The van der Waals surface area contributed by atoms with E-state index in [1.165, 1.54) is 18.9 Å². The van der Waals surface area contributed by atoms with E-state index in [2.05, 4.69) is 24.5 Å². The molecule has 2 N–H and O–H groups in total. The van der Waals surface area contributed by atoms with Crippen molar-refractivity contribution in [2.24, 2.45) is 11.3 Å². The highest BCUT2D eigenvalue weighted by atomic mass is 19.1. The molecule has 0 bridgehead atoms. The summed E-state index contributed by atoms with van der Waals surface area (Å²) in [6, 6.07) is 3.49. The third kappa shape index (κ3) is 3.33. The minimum Gasteiger partial charge on any atom is -0.320 e. The summed E-state index contributed by atoms with van der Waals surface area (Å²) in [7, 11) is 0. The van der Waals surface area contributed by atoms with E-state index >= 15 is 0 Å². The van der Waals surface area contributed by atoms with Crippen molar-refractivity contribution < 1.29 is 13.6 Å². The maximum absolute atomic E-state index is 13.4. The van der Waals surface area contributed by atoms with Crippen molar-refractivity contribution in [3.05, 3.63) is 29.8 Å². The number of hydrogen-bond acceptors (Lipinski definition) is 2. The van der Waals surface area contributed by atoms with Crippen LogP contribution in [0.15, 0.2) is 18.2 Å². The Bertz CT molecular complexity index is 478. The van der Waals surface area contributed by atoms with Gasteiger partial charge in [-0.1, -0.05) is 19.9 Å². The highest BCUT2D eigenvalue weighted by Crippen LogP contribution is 2.51. The number of amides is 1. The summed E-state index contributed by atoms with van der Waals surface area (Å²) in [5, 5.41) is 5.33.